The largest absolute Gasteiger partial charge is 0.490 e. The van der Waals surface area contributed by atoms with E-state index >= 15 is 0 Å². The van der Waals surface area contributed by atoms with Crippen molar-refractivity contribution in [1.82, 2.24) is 10.3 Å². The van der Waals surface area contributed by atoms with Crippen LogP contribution in [0.3, 0.4) is 0 Å². The molecule has 1 heterocycles. The van der Waals surface area contributed by atoms with Gasteiger partial charge in [-0.05, 0) is 79.1 Å². The molecule has 0 spiro atoms. The number of para-hydroxylation sites is 1. The molecule has 0 atom stereocenters. The van der Waals surface area contributed by atoms with Crippen LogP contribution in [0.1, 0.15) is 60.5 Å². The number of esters is 1. The topological polar surface area (TPSA) is 143 Å². The Hall–Kier alpha value is -5.78. The van der Waals surface area contributed by atoms with Gasteiger partial charge in [0.2, 0.25) is 0 Å². The summed E-state index contributed by atoms with van der Waals surface area (Å²) >= 11 is 0. The SMILES string of the molecule is CCCCCCOC(=O)NC(=N)c1ccc(NCCc2cccc(C(=O)N(CCC(=O)Oc3cccc(F)c3OC)c3ccccn3)c2)cc1. The van der Waals surface area contributed by atoms with Gasteiger partial charge in [-0.25, -0.2) is 14.2 Å². The van der Waals surface area contributed by atoms with Crippen molar-refractivity contribution >= 4 is 35.3 Å². The molecule has 0 bridgehead atoms. The van der Waals surface area contributed by atoms with Crippen LogP contribution in [0.15, 0.2) is 91.1 Å². The fraction of sp³-hybridized carbons (Fsp3) is 0.289. The summed E-state index contributed by atoms with van der Waals surface area (Å²) < 4.78 is 29.6. The van der Waals surface area contributed by atoms with E-state index in [9.17, 15) is 18.8 Å². The Morgan fingerprint density at radius 3 is 2.46 bits per heavy atom. The molecular weight excluding hydrogens is 641 g/mol. The van der Waals surface area contributed by atoms with E-state index in [0.29, 0.717) is 36.5 Å². The summed E-state index contributed by atoms with van der Waals surface area (Å²) in [5.41, 5.74) is 2.71. The van der Waals surface area contributed by atoms with E-state index in [0.717, 1.165) is 36.9 Å². The number of amides is 2. The number of methoxy groups -OCH3 is 1. The summed E-state index contributed by atoms with van der Waals surface area (Å²) in [5.74, 6) is -1.57. The van der Waals surface area contributed by atoms with Crippen molar-refractivity contribution in [3.05, 3.63) is 114 Å². The highest BCUT2D eigenvalue weighted by Gasteiger charge is 2.22. The van der Waals surface area contributed by atoms with E-state index in [1.165, 1.54) is 30.2 Å². The van der Waals surface area contributed by atoms with Crippen molar-refractivity contribution in [3.8, 4) is 11.5 Å². The van der Waals surface area contributed by atoms with Crippen molar-refractivity contribution in [2.24, 2.45) is 0 Å². The van der Waals surface area contributed by atoms with Gasteiger partial charge in [-0.2, -0.15) is 0 Å². The molecule has 0 radical (unpaired) electrons. The molecule has 2 amide bonds. The molecule has 12 heteroatoms. The quantitative estimate of drug-likeness (QED) is 0.0350. The maximum absolute atomic E-state index is 14.1. The molecule has 0 aliphatic heterocycles. The van der Waals surface area contributed by atoms with E-state index < -0.39 is 17.9 Å². The minimum atomic E-state index is -0.667. The van der Waals surface area contributed by atoms with E-state index in [-0.39, 0.29) is 36.2 Å². The number of benzene rings is 3. The van der Waals surface area contributed by atoms with Crippen LogP contribution < -0.4 is 25.0 Å². The Kier molecular flexibility index (Phi) is 14.3. The highest BCUT2D eigenvalue weighted by atomic mass is 19.1. The number of halogens is 1. The second kappa shape index (κ2) is 19.3. The summed E-state index contributed by atoms with van der Waals surface area (Å²) in [7, 11) is 1.28. The number of rotatable bonds is 17. The molecule has 0 saturated carbocycles. The lowest BCUT2D eigenvalue weighted by Gasteiger charge is -2.22. The smallest absolute Gasteiger partial charge is 0.412 e. The zero-order valence-corrected chi connectivity index (χ0v) is 28.2. The van der Waals surface area contributed by atoms with Crippen molar-refractivity contribution in [1.29, 1.82) is 5.41 Å². The molecule has 262 valence electrons. The molecule has 0 fully saturated rings. The van der Waals surface area contributed by atoms with Gasteiger partial charge in [-0.15, -0.1) is 0 Å². The lowest BCUT2D eigenvalue weighted by molar-refractivity contribution is -0.134. The maximum Gasteiger partial charge on any atom is 0.412 e. The van der Waals surface area contributed by atoms with E-state index in [4.69, 9.17) is 19.6 Å². The van der Waals surface area contributed by atoms with Crippen LogP contribution in [0.5, 0.6) is 11.5 Å². The Bertz CT molecular complexity index is 1740. The maximum atomic E-state index is 14.1. The van der Waals surface area contributed by atoms with E-state index in [2.05, 4.69) is 22.5 Å². The monoisotopic (exact) mass is 683 g/mol. The van der Waals surface area contributed by atoms with Gasteiger partial charge < -0.3 is 19.5 Å². The number of aromatic nitrogens is 1. The van der Waals surface area contributed by atoms with Crippen LogP contribution in [0.4, 0.5) is 20.7 Å². The average molecular weight is 684 g/mol. The molecule has 1 aromatic heterocycles. The lowest BCUT2D eigenvalue weighted by atomic mass is 10.1. The molecule has 0 aliphatic carbocycles. The third-order valence-corrected chi connectivity index (χ3v) is 7.62. The number of hydrogen-bond donors (Lipinski definition) is 3. The van der Waals surface area contributed by atoms with Crippen molar-refractivity contribution < 1.29 is 33.0 Å². The predicted molar refractivity (Wildman–Crippen MR) is 190 cm³/mol. The van der Waals surface area contributed by atoms with E-state index in [1.54, 1.807) is 54.7 Å². The molecule has 3 aromatic carbocycles. The van der Waals surface area contributed by atoms with E-state index in [1.807, 2.05) is 18.2 Å². The second-order valence-corrected chi connectivity index (χ2v) is 11.3. The molecule has 0 saturated heterocycles. The summed E-state index contributed by atoms with van der Waals surface area (Å²) in [5, 5.41) is 14.0. The minimum absolute atomic E-state index is 0.0265. The third-order valence-electron chi connectivity index (χ3n) is 7.62. The average Bonchev–Trinajstić information content (AvgIpc) is 3.12. The van der Waals surface area contributed by atoms with Crippen LogP contribution in [0.2, 0.25) is 0 Å². The van der Waals surface area contributed by atoms with Gasteiger partial charge in [0.25, 0.3) is 5.91 Å². The van der Waals surface area contributed by atoms with Crippen LogP contribution in [0, 0.1) is 11.2 Å². The van der Waals surface area contributed by atoms with Crippen molar-refractivity contribution in [2.75, 3.05) is 37.0 Å². The standard InChI is InChI=1S/C38H42FN5O6/c1-3-4-5-8-25-49-38(47)43-36(40)28-16-18-30(19-17-28)41-23-20-27-11-9-12-29(26-27)37(46)44(33-15-6-7-22-42-33)24-21-34(45)50-32-14-10-13-31(39)35(32)48-2/h6-7,9-19,22,26,41H,3-5,8,20-21,23-25H2,1-2H3,(H2,40,43,47). The molecule has 11 nitrogen and oxygen atoms in total. The number of nitrogens with one attached hydrogen (secondary N) is 3. The van der Waals surface area contributed by atoms with Gasteiger partial charge in [-0.3, -0.25) is 25.2 Å². The number of amidine groups is 1. The Morgan fingerprint density at radius 1 is 0.920 bits per heavy atom. The first-order valence-corrected chi connectivity index (χ1v) is 16.5. The number of ether oxygens (including phenoxy) is 3. The minimum Gasteiger partial charge on any atom is -0.490 e. The first-order valence-electron chi connectivity index (χ1n) is 16.5. The van der Waals surface area contributed by atoms with Crippen LogP contribution in [0.25, 0.3) is 0 Å². The highest BCUT2D eigenvalue weighted by Crippen LogP contribution is 2.30. The number of alkyl carbamates (subject to hydrolysis) is 1. The normalized spacial score (nSPS) is 10.5. The number of unbranched alkanes of at least 4 members (excludes halogenated alkanes) is 3. The highest BCUT2D eigenvalue weighted by molar-refractivity contribution is 6.06. The third kappa shape index (κ3) is 11.1. The van der Waals surface area contributed by atoms with Crippen molar-refractivity contribution in [3.63, 3.8) is 0 Å². The fourth-order valence-electron chi connectivity index (χ4n) is 5.00. The number of hydrogen-bond acceptors (Lipinski definition) is 9. The van der Waals surface area contributed by atoms with Gasteiger partial charge in [0, 0.05) is 36.1 Å². The molecule has 0 unspecified atom stereocenters. The molecule has 0 aliphatic rings. The molecular formula is C38H42FN5O6. The zero-order valence-electron chi connectivity index (χ0n) is 28.2. The summed E-state index contributed by atoms with van der Waals surface area (Å²) in [6.07, 6.45) is 5.35. The molecule has 4 rings (SSSR count). The summed E-state index contributed by atoms with van der Waals surface area (Å²) in [6, 6.07) is 23.5. The van der Waals surface area contributed by atoms with Crippen molar-refractivity contribution in [2.45, 2.75) is 45.4 Å². The second-order valence-electron chi connectivity index (χ2n) is 11.3. The Labute approximate surface area is 291 Å². The molecule has 50 heavy (non-hydrogen) atoms. The van der Waals surface area contributed by atoms with Gasteiger partial charge in [-0.1, -0.05) is 50.5 Å². The zero-order chi connectivity index (χ0) is 35.7. The predicted octanol–water partition coefficient (Wildman–Crippen LogP) is 7.16. The number of carbonyl (C=O) groups excluding carboxylic acids is 3. The van der Waals surface area contributed by atoms with Gasteiger partial charge in [0.1, 0.15) is 11.7 Å². The number of anilines is 2. The first kappa shape index (κ1) is 37.0. The summed E-state index contributed by atoms with van der Waals surface area (Å²) in [6.45, 7) is 2.98. The molecule has 4 aromatic rings. The Balaban J connectivity index is 1.31. The van der Waals surface area contributed by atoms with Gasteiger partial charge in [0.05, 0.1) is 20.1 Å². The Morgan fingerprint density at radius 2 is 1.72 bits per heavy atom. The van der Waals surface area contributed by atoms with Gasteiger partial charge >= 0.3 is 12.1 Å². The van der Waals surface area contributed by atoms with Crippen LogP contribution in [-0.4, -0.2) is 55.6 Å². The number of nitrogens with zero attached hydrogens (tertiary/aromatic N) is 2. The fourth-order valence-corrected chi connectivity index (χ4v) is 5.00. The number of pyridine rings is 1. The lowest BCUT2D eigenvalue weighted by Crippen LogP contribution is -2.34. The van der Waals surface area contributed by atoms with Crippen LogP contribution >= 0.6 is 0 Å². The van der Waals surface area contributed by atoms with Crippen LogP contribution in [-0.2, 0) is 16.0 Å². The first-order chi connectivity index (χ1) is 24.3. The number of carbonyl (C=O) groups is 3. The summed E-state index contributed by atoms with van der Waals surface area (Å²) in [4.78, 5) is 44.2. The van der Waals surface area contributed by atoms with Gasteiger partial charge in [0.15, 0.2) is 17.3 Å². The molecule has 3 N–H and O–H groups in total.